The van der Waals surface area contributed by atoms with Crippen LogP contribution in [0, 0.1) is 5.92 Å². The second-order valence-corrected chi connectivity index (χ2v) is 5.75. The molecule has 0 radical (unpaired) electrons. The Kier molecular flexibility index (Phi) is 3.37. The van der Waals surface area contributed by atoms with Crippen molar-refractivity contribution >= 4 is 28.3 Å². The van der Waals surface area contributed by atoms with E-state index in [9.17, 15) is 9.59 Å². The first kappa shape index (κ1) is 13.6. The van der Waals surface area contributed by atoms with E-state index in [1.807, 2.05) is 56.3 Å². The maximum atomic E-state index is 12.6. The van der Waals surface area contributed by atoms with Gasteiger partial charge in [-0.2, -0.15) is 0 Å². The summed E-state index contributed by atoms with van der Waals surface area (Å²) in [7, 11) is 0. The van der Waals surface area contributed by atoms with Crippen LogP contribution in [-0.4, -0.2) is 24.4 Å². The fraction of sp³-hybridized carbons (Fsp3) is 0.294. The number of hydrogen-bond acceptors (Lipinski definition) is 2. The monoisotopic (exact) mass is 282 g/mol. The van der Waals surface area contributed by atoms with Crippen molar-refractivity contribution in [2.24, 2.45) is 5.92 Å². The molecule has 4 nitrogen and oxygen atoms in total. The zero-order chi connectivity index (χ0) is 15.0. The van der Waals surface area contributed by atoms with Crippen LogP contribution in [0.2, 0.25) is 0 Å². The van der Waals surface area contributed by atoms with Gasteiger partial charge in [0.05, 0.1) is 0 Å². The van der Waals surface area contributed by atoms with Gasteiger partial charge in [0, 0.05) is 5.69 Å². The van der Waals surface area contributed by atoms with Crippen molar-refractivity contribution in [3.63, 3.8) is 0 Å². The maximum Gasteiger partial charge on any atom is 0.250 e. The first-order valence-electron chi connectivity index (χ1n) is 7.16. The third kappa shape index (κ3) is 2.49. The zero-order valence-corrected chi connectivity index (χ0v) is 12.2. The molecular weight excluding hydrogens is 264 g/mol. The minimum Gasteiger partial charge on any atom is -0.342 e. The average Bonchev–Trinajstić information content (AvgIpc) is 2.48. The molecular formula is C17H18N2O2. The number of fused-ring (bicyclic) bond motifs is 1. The summed E-state index contributed by atoms with van der Waals surface area (Å²) in [5.41, 5.74) is 0.777. The molecule has 1 heterocycles. The third-order valence-electron chi connectivity index (χ3n) is 3.86. The Morgan fingerprint density at radius 1 is 1.10 bits per heavy atom. The Bertz CT molecular complexity index is 709. The number of nitrogens with one attached hydrogen (secondary N) is 1. The van der Waals surface area contributed by atoms with Crippen molar-refractivity contribution in [3.8, 4) is 0 Å². The van der Waals surface area contributed by atoms with Crippen molar-refractivity contribution in [1.29, 1.82) is 0 Å². The van der Waals surface area contributed by atoms with E-state index in [1.54, 1.807) is 4.90 Å². The van der Waals surface area contributed by atoms with Gasteiger partial charge in [0.1, 0.15) is 12.6 Å². The molecule has 0 saturated carbocycles. The Morgan fingerprint density at radius 2 is 1.81 bits per heavy atom. The predicted octanol–water partition coefficient (Wildman–Crippen LogP) is 2.33. The molecule has 108 valence electrons. The first-order chi connectivity index (χ1) is 10.1. The molecule has 4 heteroatoms. The lowest BCUT2D eigenvalue weighted by molar-refractivity contribution is -0.132. The van der Waals surface area contributed by atoms with E-state index in [-0.39, 0.29) is 24.3 Å². The Hall–Kier alpha value is -2.36. The normalized spacial score (nSPS) is 19.2. The first-order valence-corrected chi connectivity index (χ1v) is 7.16. The van der Waals surface area contributed by atoms with Crippen LogP contribution >= 0.6 is 0 Å². The number of carbonyl (C=O) groups is 2. The average molecular weight is 282 g/mol. The highest BCUT2D eigenvalue weighted by Gasteiger charge is 2.35. The highest BCUT2D eigenvalue weighted by atomic mass is 16.2. The zero-order valence-electron chi connectivity index (χ0n) is 12.2. The van der Waals surface area contributed by atoms with E-state index in [0.29, 0.717) is 0 Å². The van der Waals surface area contributed by atoms with E-state index in [4.69, 9.17) is 0 Å². The smallest absolute Gasteiger partial charge is 0.250 e. The van der Waals surface area contributed by atoms with E-state index in [1.165, 1.54) is 0 Å². The van der Waals surface area contributed by atoms with E-state index >= 15 is 0 Å². The summed E-state index contributed by atoms with van der Waals surface area (Å²) >= 11 is 0. The highest BCUT2D eigenvalue weighted by molar-refractivity contribution is 6.07. The summed E-state index contributed by atoms with van der Waals surface area (Å²) in [6.07, 6.45) is 0. The van der Waals surface area contributed by atoms with Crippen LogP contribution in [0.15, 0.2) is 42.5 Å². The van der Waals surface area contributed by atoms with Crippen LogP contribution in [0.3, 0.4) is 0 Å². The molecule has 2 amide bonds. The van der Waals surface area contributed by atoms with Crippen molar-refractivity contribution in [2.75, 3.05) is 11.4 Å². The highest BCUT2D eigenvalue weighted by Crippen LogP contribution is 2.24. The Balaban J connectivity index is 1.99. The molecule has 1 N–H and O–H groups in total. The maximum absolute atomic E-state index is 12.6. The van der Waals surface area contributed by atoms with Gasteiger partial charge in [0.25, 0.3) is 0 Å². The molecule has 21 heavy (non-hydrogen) atoms. The fourth-order valence-electron chi connectivity index (χ4n) is 2.69. The molecule has 2 aromatic carbocycles. The van der Waals surface area contributed by atoms with Crippen LogP contribution in [-0.2, 0) is 9.59 Å². The number of benzene rings is 2. The number of piperazine rings is 1. The predicted molar refractivity (Wildman–Crippen MR) is 83.1 cm³/mol. The van der Waals surface area contributed by atoms with Crippen LogP contribution in [0.5, 0.6) is 0 Å². The van der Waals surface area contributed by atoms with E-state index in [2.05, 4.69) is 5.32 Å². The summed E-state index contributed by atoms with van der Waals surface area (Å²) in [5.74, 6) is -0.0777. The minimum absolute atomic E-state index is 0.0418. The van der Waals surface area contributed by atoms with Crippen LogP contribution in [0.25, 0.3) is 10.8 Å². The number of nitrogens with zero attached hydrogens (tertiary/aromatic N) is 1. The van der Waals surface area contributed by atoms with Crippen molar-refractivity contribution in [2.45, 2.75) is 19.9 Å². The summed E-state index contributed by atoms with van der Waals surface area (Å²) in [5, 5.41) is 4.96. The van der Waals surface area contributed by atoms with Crippen molar-refractivity contribution in [3.05, 3.63) is 42.5 Å². The number of rotatable bonds is 2. The quantitative estimate of drug-likeness (QED) is 0.919. The van der Waals surface area contributed by atoms with Crippen molar-refractivity contribution in [1.82, 2.24) is 5.32 Å². The second kappa shape index (κ2) is 5.20. The number of anilines is 1. The van der Waals surface area contributed by atoms with Crippen LogP contribution in [0.4, 0.5) is 5.69 Å². The standard InChI is InChI=1S/C17H18N2O2/c1-11(2)16-17(21)19(10-15(20)18-16)14-8-7-12-5-3-4-6-13(12)9-14/h3-9,11,16H,10H2,1-2H3,(H,18,20). The molecule has 0 aliphatic carbocycles. The van der Waals surface area contributed by atoms with Crippen LogP contribution in [0.1, 0.15) is 13.8 Å². The summed E-state index contributed by atoms with van der Waals surface area (Å²) in [4.78, 5) is 26.0. The molecule has 0 aromatic heterocycles. The number of amides is 2. The molecule has 0 spiro atoms. The van der Waals surface area contributed by atoms with Crippen LogP contribution < -0.4 is 10.2 Å². The van der Waals surface area contributed by atoms with Gasteiger partial charge in [-0.15, -0.1) is 0 Å². The SMILES string of the molecule is CC(C)C1NC(=O)CN(c2ccc3ccccc3c2)C1=O. The van der Waals surface area contributed by atoms with Gasteiger partial charge in [-0.25, -0.2) is 0 Å². The molecule has 2 aromatic rings. The van der Waals surface area contributed by atoms with Gasteiger partial charge in [0.2, 0.25) is 11.8 Å². The molecule has 1 fully saturated rings. The van der Waals surface area contributed by atoms with Gasteiger partial charge in [-0.05, 0) is 28.8 Å². The number of carbonyl (C=O) groups excluding carboxylic acids is 2. The molecule has 0 bridgehead atoms. The third-order valence-corrected chi connectivity index (χ3v) is 3.86. The summed E-state index contributed by atoms with van der Waals surface area (Å²) < 4.78 is 0. The minimum atomic E-state index is -0.447. The lowest BCUT2D eigenvalue weighted by Gasteiger charge is -2.34. The van der Waals surface area contributed by atoms with Gasteiger partial charge in [-0.3, -0.25) is 9.59 Å². The molecule has 1 unspecified atom stereocenters. The molecule has 1 aliphatic heterocycles. The summed E-state index contributed by atoms with van der Waals surface area (Å²) in [6, 6.07) is 13.4. The lowest BCUT2D eigenvalue weighted by atomic mass is 10.00. The van der Waals surface area contributed by atoms with Gasteiger partial charge in [-0.1, -0.05) is 44.2 Å². The van der Waals surface area contributed by atoms with E-state index < -0.39 is 6.04 Å². The second-order valence-electron chi connectivity index (χ2n) is 5.75. The van der Waals surface area contributed by atoms with Gasteiger partial charge >= 0.3 is 0 Å². The molecule has 1 aliphatic rings. The topological polar surface area (TPSA) is 49.4 Å². The Labute approximate surface area is 123 Å². The molecule has 1 saturated heterocycles. The molecule has 3 rings (SSSR count). The number of hydrogen-bond donors (Lipinski definition) is 1. The van der Waals surface area contributed by atoms with Gasteiger partial charge < -0.3 is 10.2 Å². The van der Waals surface area contributed by atoms with Crippen molar-refractivity contribution < 1.29 is 9.59 Å². The van der Waals surface area contributed by atoms with Gasteiger partial charge in [0.15, 0.2) is 0 Å². The van der Waals surface area contributed by atoms with E-state index in [0.717, 1.165) is 16.5 Å². The molecule has 1 atom stereocenters. The fourth-order valence-corrected chi connectivity index (χ4v) is 2.69. The lowest BCUT2D eigenvalue weighted by Crippen LogP contribution is -2.60. The summed E-state index contributed by atoms with van der Waals surface area (Å²) in [6.45, 7) is 3.96. The Morgan fingerprint density at radius 3 is 2.52 bits per heavy atom. The largest absolute Gasteiger partial charge is 0.342 e.